The summed E-state index contributed by atoms with van der Waals surface area (Å²) in [5.74, 6) is -0.0748. The van der Waals surface area contributed by atoms with Crippen molar-refractivity contribution in [3.8, 4) is 5.75 Å². The summed E-state index contributed by atoms with van der Waals surface area (Å²) in [7, 11) is 0. The van der Waals surface area contributed by atoms with Crippen LogP contribution in [0.15, 0.2) is 35.7 Å². The third-order valence-electron chi connectivity index (χ3n) is 4.25. The van der Waals surface area contributed by atoms with Crippen LogP contribution in [0.2, 0.25) is 0 Å². The highest BCUT2D eigenvalue weighted by Gasteiger charge is 2.44. The van der Waals surface area contributed by atoms with Crippen LogP contribution in [0.5, 0.6) is 5.75 Å². The molecule has 0 amide bonds. The molecule has 5 atom stereocenters. The second-order valence-corrected chi connectivity index (χ2v) is 6.93. The van der Waals surface area contributed by atoms with Crippen LogP contribution in [-0.4, -0.2) is 56.6 Å². The maximum atomic E-state index is 10.2. The zero-order chi connectivity index (χ0) is 17.3. The smallest absolute Gasteiger partial charge is 0.121 e. The monoisotopic (exact) mass is 352 g/mol. The summed E-state index contributed by atoms with van der Waals surface area (Å²) in [6.07, 6.45) is -5.68. The van der Waals surface area contributed by atoms with E-state index in [4.69, 9.17) is 4.74 Å². The van der Waals surface area contributed by atoms with Gasteiger partial charge in [-0.1, -0.05) is 12.1 Å². The van der Waals surface area contributed by atoms with Crippen molar-refractivity contribution >= 4 is 11.3 Å². The third kappa shape index (κ3) is 3.32. The van der Waals surface area contributed by atoms with E-state index in [1.807, 2.05) is 17.5 Å². The van der Waals surface area contributed by atoms with E-state index in [1.54, 1.807) is 23.5 Å². The molecule has 0 unspecified atom stereocenters. The predicted octanol–water partition coefficient (Wildman–Crippen LogP) is 0.559. The predicted molar refractivity (Wildman–Crippen MR) is 88.0 cm³/mol. The quantitative estimate of drug-likeness (QED) is 0.550. The van der Waals surface area contributed by atoms with Crippen LogP contribution in [0.1, 0.15) is 22.1 Å². The number of ether oxygens (including phenoxy) is 1. The zero-order valence-electron chi connectivity index (χ0n) is 12.8. The van der Waals surface area contributed by atoms with Crippen LogP contribution in [0.25, 0.3) is 0 Å². The molecular weight excluding hydrogens is 332 g/mol. The van der Waals surface area contributed by atoms with Gasteiger partial charge < -0.3 is 30.3 Å². The number of aliphatic hydroxyl groups excluding tert-OH is 4. The highest BCUT2D eigenvalue weighted by Crippen LogP contribution is 2.37. The van der Waals surface area contributed by atoms with E-state index in [1.165, 1.54) is 6.07 Å². The number of benzene rings is 1. The lowest BCUT2D eigenvalue weighted by molar-refractivity contribution is -0.232. The maximum absolute atomic E-state index is 10.2. The lowest BCUT2D eigenvalue weighted by Gasteiger charge is -2.40. The maximum Gasteiger partial charge on any atom is 0.121 e. The standard InChI is InChI=1S/C17H20O6S/c18-8-13-14(20)15(21)16(22)17(23-13)11-7-9(3-4-12(11)19)6-10-2-1-5-24-10/h1-5,7,13-22H,6,8H2/t13-,14-,15+,16-,17+/m1/s1. The number of phenols is 1. The van der Waals surface area contributed by atoms with Crippen molar-refractivity contribution in [3.63, 3.8) is 0 Å². The van der Waals surface area contributed by atoms with Gasteiger partial charge in [0.15, 0.2) is 0 Å². The van der Waals surface area contributed by atoms with Crippen molar-refractivity contribution in [2.75, 3.05) is 6.61 Å². The van der Waals surface area contributed by atoms with Gasteiger partial charge in [-0.05, 0) is 29.1 Å². The van der Waals surface area contributed by atoms with Crippen LogP contribution in [0.4, 0.5) is 0 Å². The first kappa shape index (κ1) is 17.3. The first-order valence-electron chi connectivity index (χ1n) is 7.66. The number of hydrogen-bond donors (Lipinski definition) is 5. The Hall–Kier alpha value is -1.48. The molecule has 3 rings (SSSR count). The summed E-state index contributed by atoms with van der Waals surface area (Å²) in [5, 5.41) is 51.4. The van der Waals surface area contributed by atoms with Gasteiger partial charge >= 0.3 is 0 Å². The summed E-state index contributed by atoms with van der Waals surface area (Å²) < 4.78 is 5.52. The molecule has 0 saturated carbocycles. The van der Waals surface area contributed by atoms with Gasteiger partial charge in [-0.25, -0.2) is 0 Å². The molecule has 0 spiro atoms. The summed E-state index contributed by atoms with van der Waals surface area (Å²) in [6, 6.07) is 8.97. The Bertz CT molecular complexity index is 672. The lowest BCUT2D eigenvalue weighted by Crippen LogP contribution is -2.55. The minimum Gasteiger partial charge on any atom is -0.508 e. The lowest BCUT2D eigenvalue weighted by atomic mass is 9.90. The molecule has 7 heteroatoms. The molecule has 130 valence electrons. The normalized spacial score (nSPS) is 30.4. The fourth-order valence-corrected chi connectivity index (χ4v) is 3.65. The number of aromatic hydroxyl groups is 1. The molecule has 1 aliphatic rings. The molecule has 6 nitrogen and oxygen atoms in total. The van der Waals surface area contributed by atoms with E-state index in [-0.39, 0.29) is 5.75 Å². The highest BCUT2D eigenvalue weighted by atomic mass is 32.1. The Morgan fingerprint density at radius 3 is 2.50 bits per heavy atom. The van der Waals surface area contributed by atoms with Crippen LogP contribution < -0.4 is 0 Å². The Morgan fingerprint density at radius 2 is 1.83 bits per heavy atom. The summed E-state index contributed by atoms with van der Waals surface area (Å²) in [5.41, 5.74) is 1.24. The molecule has 24 heavy (non-hydrogen) atoms. The Morgan fingerprint density at radius 1 is 1.04 bits per heavy atom. The van der Waals surface area contributed by atoms with Gasteiger partial charge in [0.2, 0.25) is 0 Å². The summed E-state index contributed by atoms with van der Waals surface area (Å²) >= 11 is 1.62. The first-order chi connectivity index (χ1) is 11.5. The fraction of sp³-hybridized carbons (Fsp3) is 0.412. The molecule has 2 heterocycles. The fourth-order valence-electron chi connectivity index (χ4n) is 2.91. The van der Waals surface area contributed by atoms with Crippen molar-refractivity contribution in [3.05, 3.63) is 51.7 Å². The molecule has 0 aliphatic carbocycles. The summed E-state index contributed by atoms with van der Waals surface area (Å²) in [4.78, 5) is 1.15. The van der Waals surface area contributed by atoms with Crippen molar-refractivity contribution in [2.45, 2.75) is 36.9 Å². The van der Waals surface area contributed by atoms with Gasteiger partial charge in [0.05, 0.1) is 6.61 Å². The molecule has 5 N–H and O–H groups in total. The van der Waals surface area contributed by atoms with E-state index in [9.17, 15) is 25.5 Å². The average Bonchev–Trinajstić information content (AvgIpc) is 3.08. The first-order valence-corrected chi connectivity index (χ1v) is 8.54. The van der Waals surface area contributed by atoms with E-state index in [0.29, 0.717) is 12.0 Å². The number of phenolic OH excluding ortho intramolecular Hbond substituents is 1. The molecule has 2 aromatic rings. The largest absolute Gasteiger partial charge is 0.508 e. The van der Waals surface area contributed by atoms with Gasteiger partial charge in [0, 0.05) is 16.9 Å². The van der Waals surface area contributed by atoms with Gasteiger partial charge in [-0.2, -0.15) is 0 Å². The van der Waals surface area contributed by atoms with Gasteiger partial charge in [0.1, 0.15) is 36.3 Å². The summed E-state index contributed by atoms with van der Waals surface area (Å²) in [6.45, 7) is -0.503. The van der Waals surface area contributed by atoms with E-state index < -0.39 is 37.1 Å². The van der Waals surface area contributed by atoms with E-state index in [0.717, 1.165) is 10.4 Å². The topological polar surface area (TPSA) is 110 Å². The molecule has 1 aliphatic heterocycles. The Kier molecular flexibility index (Phi) is 5.19. The molecule has 1 aromatic heterocycles. The van der Waals surface area contributed by atoms with Crippen molar-refractivity contribution < 1.29 is 30.3 Å². The van der Waals surface area contributed by atoms with Gasteiger partial charge in [0.25, 0.3) is 0 Å². The number of aliphatic hydroxyl groups is 4. The van der Waals surface area contributed by atoms with Crippen LogP contribution in [0.3, 0.4) is 0 Å². The third-order valence-corrected chi connectivity index (χ3v) is 5.13. The number of rotatable bonds is 4. The molecular formula is C17H20O6S. The van der Waals surface area contributed by atoms with Crippen molar-refractivity contribution in [2.24, 2.45) is 0 Å². The Balaban J connectivity index is 1.89. The van der Waals surface area contributed by atoms with Crippen LogP contribution in [0, 0.1) is 0 Å². The van der Waals surface area contributed by atoms with Gasteiger partial charge in [-0.15, -0.1) is 11.3 Å². The second-order valence-electron chi connectivity index (χ2n) is 5.90. The van der Waals surface area contributed by atoms with E-state index in [2.05, 4.69) is 0 Å². The second kappa shape index (κ2) is 7.18. The SMILES string of the molecule is OC[C@H]1O[C@@H](c2cc(Cc3cccs3)ccc2O)[C@H](O)[C@@H](O)[C@@H]1O. The van der Waals surface area contributed by atoms with Crippen molar-refractivity contribution in [1.82, 2.24) is 0 Å². The molecule has 1 saturated heterocycles. The van der Waals surface area contributed by atoms with Gasteiger partial charge in [-0.3, -0.25) is 0 Å². The van der Waals surface area contributed by atoms with Crippen LogP contribution in [-0.2, 0) is 11.2 Å². The average molecular weight is 352 g/mol. The number of hydrogen-bond acceptors (Lipinski definition) is 7. The molecule has 0 radical (unpaired) electrons. The highest BCUT2D eigenvalue weighted by molar-refractivity contribution is 7.09. The minimum atomic E-state index is -1.47. The van der Waals surface area contributed by atoms with Crippen LogP contribution >= 0.6 is 11.3 Å². The molecule has 1 aromatic carbocycles. The zero-order valence-corrected chi connectivity index (χ0v) is 13.6. The Labute approximate surface area is 143 Å². The molecule has 1 fully saturated rings. The van der Waals surface area contributed by atoms with E-state index >= 15 is 0 Å². The molecule has 0 bridgehead atoms. The number of thiophene rings is 1. The van der Waals surface area contributed by atoms with Crippen molar-refractivity contribution in [1.29, 1.82) is 0 Å². The minimum absolute atomic E-state index is 0.0748.